The van der Waals surface area contributed by atoms with Gasteiger partial charge in [-0.1, -0.05) is 43.3 Å². The Morgan fingerprint density at radius 3 is 2.50 bits per heavy atom. The summed E-state index contributed by atoms with van der Waals surface area (Å²) in [5.74, 6) is 0. The molecule has 0 saturated carbocycles. The van der Waals surface area contributed by atoms with E-state index >= 15 is 0 Å². The highest BCUT2D eigenvalue weighted by Gasteiger charge is 2.14. The molecule has 94 valence electrons. The number of benzene rings is 1. The van der Waals surface area contributed by atoms with E-state index in [1.54, 1.807) is 0 Å². The second-order valence-corrected chi connectivity index (χ2v) is 4.61. The van der Waals surface area contributed by atoms with E-state index in [0.717, 1.165) is 13.0 Å². The SMILES string of the molecule is CCC(c1cccnc1)N(C)Cc1ccccc1. The zero-order valence-corrected chi connectivity index (χ0v) is 11.1. The number of pyridine rings is 1. The van der Waals surface area contributed by atoms with Gasteiger partial charge in [0, 0.05) is 25.0 Å². The number of nitrogens with zero attached hydrogens (tertiary/aromatic N) is 2. The fraction of sp³-hybridized carbons (Fsp3) is 0.312. The van der Waals surface area contributed by atoms with E-state index in [0.29, 0.717) is 6.04 Å². The first-order valence-electron chi connectivity index (χ1n) is 6.45. The standard InChI is InChI=1S/C16H20N2/c1-3-16(15-10-7-11-17-12-15)18(2)13-14-8-5-4-6-9-14/h4-12,16H,3,13H2,1-2H3. The molecule has 1 aromatic carbocycles. The number of hydrogen-bond donors (Lipinski definition) is 0. The Balaban J connectivity index is 2.09. The van der Waals surface area contributed by atoms with Crippen LogP contribution in [-0.2, 0) is 6.54 Å². The molecule has 0 aliphatic heterocycles. The van der Waals surface area contributed by atoms with Gasteiger partial charge < -0.3 is 0 Å². The van der Waals surface area contributed by atoms with E-state index in [1.165, 1.54) is 11.1 Å². The van der Waals surface area contributed by atoms with Crippen molar-refractivity contribution in [2.24, 2.45) is 0 Å². The van der Waals surface area contributed by atoms with Gasteiger partial charge in [-0.3, -0.25) is 9.88 Å². The van der Waals surface area contributed by atoms with Crippen molar-refractivity contribution in [2.45, 2.75) is 25.9 Å². The summed E-state index contributed by atoms with van der Waals surface area (Å²) in [4.78, 5) is 6.60. The van der Waals surface area contributed by atoms with Crippen molar-refractivity contribution in [1.82, 2.24) is 9.88 Å². The van der Waals surface area contributed by atoms with E-state index in [4.69, 9.17) is 0 Å². The summed E-state index contributed by atoms with van der Waals surface area (Å²) in [6.45, 7) is 3.19. The van der Waals surface area contributed by atoms with Gasteiger partial charge in [0.25, 0.3) is 0 Å². The van der Waals surface area contributed by atoms with Gasteiger partial charge in [0.2, 0.25) is 0 Å². The lowest BCUT2D eigenvalue weighted by Crippen LogP contribution is -2.23. The van der Waals surface area contributed by atoms with Gasteiger partial charge in [0.1, 0.15) is 0 Å². The molecule has 0 radical (unpaired) electrons. The van der Waals surface area contributed by atoms with E-state index in [-0.39, 0.29) is 0 Å². The third-order valence-electron chi connectivity index (χ3n) is 3.26. The predicted octanol–water partition coefficient (Wildman–Crippen LogP) is 3.66. The van der Waals surface area contributed by atoms with Crippen molar-refractivity contribution in [1.29, 1.82) is 0 Å². The minimum absolute atomic E-state index is 0.430. The molecular weight excluding hydrogens is 220 g/mol. The molecule has 1 heterocycles. The zero-order valence-electron chi connectivity index (χ0n) is 11.1. The highest BCUT2D eigenvalue weighted by Crippen LogP contribution is 2.23. The molecule has 2 heteroatoms. The van der Waals surface area contributed by atoms with Crippen LogP contribution in [0.4, 0.5) is 0 Å². The molecule has 0 saturated heterocycles. The molecular formula is C16H20N2. The van der Waals surface area contributed by atoms with Crippen molar-refractivity contribution in [2.75, 3.05) is 7.05 Å². The van der Waals surface area contributed by atoms with Gasteiger partial charge in [-0.25, -0.2) is 0 Å². The maximum atomic E-state index is 4.22. The third-order valence-corrected chi connectivity index (χ3v) is 3.26. The quantitative estimate of drug-likeness (QED) is 0.792. The molecule has 2 nitrogen and oxygen atoms in total. The Morgan fingerprint density at radius 1 is 1.11 bits per heavy atom. The Hall–Kier alpha value is -1.67. The predicted molar refractivity (Wildman–Crippen MR) is 75.2 cm³/mol. The molecule has 0 spiro atoms. The lowest BCUT2D eigenvalue weighted by atomic mass is 10.0. The first-order chi connectivity index (χ1) is 8.81. The van der Waals surface area contributed by atoms with Crippen molar-refractivity contribution in [3.05, 3.63) is 66.0 Å². The first-order valence-corrected chi connectivity index (χ1v) is 6.45. The zero-order chi connectivity index (χ0) is 12.8. The van der Waals surface area contributed by atoms with Crippen LogP contribution in [0, 0.1) is 0 Å². The monoisotopic (exact) mass is 240 g/mol. The van der Waals surface area contributed by atoms with Crippen molar-refractivity contribution >= 4 is 0 Å². The van der Waals surface area contributed by atoms with Crippen molar-refractivity contribution in [3.8, 4) is 0 Å². The molecule has 0 bridgehead atoms. The van der Waals surface area contributed by atoms with Crippen LogP contribution in [0.1, 0.15) is 30.5 Å². The fourth-order valence-electron chi connectivity index (χ4n) is 2.36. The lowest BCUT2D eigenvalue weighted by molar-refractivity contribution is 0.230. The van der Waals surface area contributed by atoms with Gasteiger partial charge >= 0.3 is 0 Å². The maximum absolute atomic E-state index is 4.22. The Kier molecular flexibility index (Phi) is 4.48. The minimum atomic E-state index is 0.430. The van der Waals surface area contributed by atoms with E-state index in [9.17, 15) is 0 Å². The van der Waals surface area contributed by atoms with Crippen LogP contribution < -0.4 is 0 Å². The summed E-state index contributed by atoms with van der Waals surface area (Å²) >= 11 is 0. The molecule has 18 heavy (non-hydrogen) atoms. The summed E-state index contributed by atoms with van der Waals surface area (Å²) in [6.07, 6.45) is 4.89. The average molecular weight is 240 g/mol. The van der Waals surface area contributed by atoms with E-state index < -0.39 is 0 Å². The summed E-state index contributed by atoms with van der Waals surface area (Å²) in [7, 11) is 2.17. The maximum Gasteiger partial charge on any atom is 0.0361 e. The normalized spacial score (nSPS) is 12.6. The smallest absolute Gasteiger partial charge is 0.0361 e. The second-order valence-electron chi connectivity index (χ2n) is 4.61. The largest absolute Gasteiger partial charge is 0.295 e. The fourth-order valence-corrected chi connectivity index (χ4v) is 2.36. The van der Waals surface area contributed by atoms with Gasteiger partial charge in [0.05, 0.1) is 0 Å². The summed E-state index contributed by atoms with van der Waals surface area (Å²) in [5, 5.41) is 0. The number of hydrogen-bond acceptors (Lipinski definition) is 2. The molecule has 1 aromatic heterocycles. The second kappa shape index (κ2) is 6.31. The van der Waals surface area contributed by atoms with Gasteiger partial charge in [0.15, 0.2) is 0 Å². The minimum Gasteiger partial charge on any atom is -0.295 e. The lowest BCUT2D eigenvalue weighted by Gasteiger charge is -2.27. The highest BCUT2D eigenvalue weighted by molar-refractivity contribution is 5.17. The molecule has 0 aliphatic rings. The summed E-state index contributed by atoms with van der Waals surface area (Å²) < 4.78 is 0. The third kappa shape index (κ3) is 3.17. The van der Waals surface area contributed by atoms with Crippen LogP contribution in [0.25, 0.3) is 0 Å². The molecule has 1 atom stereocenters. The van der Waals surface area contributed by atoms with Crippen LogP contribution in [0.2, 0.25) is 0 Å². The molecule has 2 aromatic rings. The molecule has 2 rings (SSSR count). The van der Waals surface area contributed by atoms with Crippen LogP contribution in [-0.4, -0.2) is 16.9 Å². The first kappa shape index (κ1) is 12.8. The number of rotatable bonds is 5. The Bertz CT molecular complexity index is 453. The van der Waals surface area contributed by atoms with E-state index in [2.05, 4.69) is 60.3 Å². The summed E-state index contributed by atoms with van der Waals surface area (Å²) in [5.41, 5.74) is 2.64. The van der Waals surface area contributed by atoms with Gasteiger partial charge in [-0.15, -0.1) is 0 Å². The molecule has 0 aliphatic carbocycles. The molecule has 0 fully saturated rings. The van der Waals surface area contributed by atoms with Crippen LogP contribution in [0.15, 0.2) is 54.9 Å². The van der Waals surface area contributed by atoms with Gasteiger partial charge in [-0.2, -0.15) is 0 Å². The molecule has 0 amide bonds. The van der Waals surface area contributed by atoms with Crippen molar-refractivity contribution in [3.63, 3.8) is 0 Å². The van der Waals surface area contributed by atoms with Crippen LogP contribution in [0.3, 0.4) is 0 Å². The number of aromatic nitrogens is 1. The summed E-state index contributed by atoms with van der Waals surface area (Å²) in [6, 6.07) is 15.2. The van der Waals surface area contributed by atoms with E-state index in [1.807, 2.05) is 18.5 Å². The van der Waals surface area contributed by atoms with Crippen molar-refractivity contribution < 1.29 is 0 Å². The topological polar surface area (TPSA) is 16.1 Å². The Labute approximate surface area is 109 Å². The average Bonchev–Trinajstić information content (AvgIpc) is 2.42. The molecule has 1 unspecified atom stereocenters. The van der Waals surface area contributed by atoms with Crippen LogP contribution in [0.5, 0.6) is 0 Å². The van der Waals surface area contributed by atoms with Gasteiger partial charge in [-0.05, 0) is 30.7 Å². The highest BCUT2D eigenvalue weighted by atomic mass is 15.1. The van der Waals surface area contributed by atoms with Crippen LogP contribution >= 0.6 is 0 Å². The molecule has 0 N–H and O–H groups in total. The Morgan fingerprint density at radius 2 is 1.89 bits per heavy atom.